The van der Waals surface area contributed by atoms with E-state index in [-0.39, 0.29) is 5.66 Å². The maximum Gasteiger partial charge on any atom is 0.310 e. The van der Waals surface area contributed by atoms with Crippen LogP contribution in [-0.4, -0.2) is 23.0 Å². The molecule has 4 heteroatoms. The van der Waals surface area contributed by atoms with E-state index in [4.69, 9.17) is 10.8 Å². The van der Waals surface area contributed by atoms with Crippen molar-refractivity contribution in [2.75, 3.05) is 6.29 Å². The molecule has 0 radical (unpaired) electrons. The fraction of sp³-hybridized carbons (Fsp3) is 0.833. The van der Waals surface area contributed by atoms with E-state index in [9.17, 15) is 4.79 Å². The van der Waals surface area contributed by atoms with Gasteiger partial charge >= 0.3 is 5.97 Å². The molecule has 0 bridgehead atoms. The van der Waals surface area contributed by atoms with Crippen molar-refractivity contribution in [2.45, 2.75) is 18.5 Å². The molecular formula is C6H12NO2P. The Kier molecular flexibility index (Phi) is 2.64. The van der Waals surface area contributed by atoms with Crippen molar-refractivity contribution in [3.63, 3.8) is 0 Å². The molecular weight excluding hydrogens is 149 g/mol. The largest absolute Gasteiger partial charge is 0.481 e. The average Bonchev–Trinajstić information content (AvgIpc) is 2.63. The van der Waals surface area contributed by atoms with Crippen molar-refractivity contribution in [1.82, 2.24) is 0 Å². The van der Waals surface area contributed by atoms with E-state index < -0.39 is 5.97 Å². The summed E-state index contributed by atoms with van der Waals surface area (Å²) in [6.45, 7) is 0. The summed E-state index contributed by atoms with van der Waals surface area (Å²) in [5.74, 6) is -0.217. The molecule has 0 heterocycles. The highest BCUT2D eigenvalue weighted by atomic mass is 31.1. The molecule has 0 saturated heterocycles. The van der Waals surface area contributed by atoms with Gasteiger partial charge in [-0.2, -0.15) is 0 Å². The number of carboxylic acid groups (broad SMARTS) is 1. The molecule has 1 aliphatic rings. The van der Waals surface area contributed by atoms with Gasteiger partial charge in [0.15, 0.2) is 0 Å². The summed E-state index contributed by atoms with van der Waals surface area (Å²) < 4.78 is 0. The molecule has 0 amide bonds. The first-order valence-electron chi connectivity index (χ1n) is 3.42. The highest BCUT2D eigenvalue weighted by Crippen LogP contribution is 2.41. The predicted molar refractivity (Wildman–Crippen MR) is 41.5 cm³/mol. The molecule has 0 spiro atoms. The quantitative estimate of drug-likeness (QED) is 0.588. The zero-order valence-electron chi connectivity index (χ0n) is 5.71. The monoisotopic (exact) mass is 161 g/mol. The van der Waals surface area contributed by atoms with Crippen LogP contribution in [-0.2, 0) is 4.79 Å². The van der Waals surface area contributed by atoms with Crippen LogP contribution in [0.5, 0.6) is 0 Å². The van der Waals surface area contributed by atoms with Gasteiger partial charge in [-0.05, 0) is 18.8 Å². The third-order valence-electron chi connectivity index (χ3n) is 1.70. The first-order chi connectivity index (χ1) is 4.75. The predicted octanol–water partition coefficient (Wildman–Crippen LogP) is 0.444. The Hall–Kier alpha value is -0.140. The van der Waals surface area contributed by atoms with Gasteiger partial charge in [0.2, 0.25) is 0 Å². The number of aliphatic carboxylic acids is 1. The minimum Gasteiger partial charge on any atom is -0.481 e. The lowest BCUT2D eigenvalue weighted by atomic mass is 10.3. The van der Waals surface area contributed by atoms with E-state index >= 15 is 0 Å². The summed E-state index contributed by atoms with van der Waals surface area (Å²) in [5, 5.41) is 8.67. The van der Waals surface area contributed by atoms with Gasteiger partial charge in [-0.1, -0.05) is 8.58 Å². The molecule has 0 aromatic heterocycles. The van der Waals surface area contributed by atoms with Crippen LogP contribution in [0.3, 0.4) is 0 Å². The number of carboxylic acids is 1. The summed E-state index contributed by atoms with van der Waals surface area (Å²) in [7, 11) is 0.407. The van der Waals surface area contributed by atoms with Crippen molar-refractivity contribution < 1.29 is 9.90 Å². The Morgan fingerprint density at radius 2 is 2.40 bits per heavy atom. The molecule has 3 nitrogen and oxygen atoms in total. The van der Waals surface area contributed by atoms with E-state index in [0.717, 1.165) is 12.8 Å². The van der Waals surface area contributed by atoms with Crippen molar-refractivity contribution in [2.24, 2.45) is 11.7 Å². The van der Waals surface area contributed by atoms with E-state index in [0.29, 0.717) is 20.8 Å². The van der Waals surface area contributed by atoms with Gasteiger partial charge in [0, 0.05) is 6.29 Å². The van der Waals surface area contributed by atoms with Crippen LogP contribution in [0, 0.1) is 5.92 Å². The number of hydrogen-bond donors (Lipinski definition) is 2. The van der Waals surface area contributed by atoms with Gasteiger partial charge in [0.1, 0.15) is 0 Å². The topological polar surface area (TPSA) is 63.3 Å². The van der Waals surface area contributed by atoms with Gasteiger partial charge in [0.25, 0.3) is 0 Å². The molecule has 0 aromatic carbocycles. The van der Waals surface area contributed by atoms with Crippen LogP contribution in [0.15, 0.2) is 0 Å². The molecule has 3 N–H and O–H groups in total. The summed E-state index contributed by atoms with van der Waals surface area (Å²) in [6.07, 6.45) is 2.70. The van der Waals surface area contributed by atoms with Crippen molar-refractivity contribution in [3.8, 4) is 0 Å². The molecule has 2 unspecified atom stereocenters. The minimum absolute atomic E-state index is 0.134. The van der Waals surface area contributed by atoms with Gasteiger partial charge in [-0.3, -0.25) is 4.79 Å². The Bertz CT molecular complexity index is 136. The number of rotatable bonds is 4. The maximum absolute atomic E-state index is 10.5. The van der Waals surface area contributed by atoms with Crippen LogP contribution in [0.1, 0.15) is 12.8 Å². The van der Waals surface area contributed by atoms with E-state index in [1.807, 2.05) is 0 Å². The summed E-state index contributed by atoms with van der Waals surface area (Å²) in [4.78, 5) is 10.5. The van der Waals surface area contributed by atoms with Gasteiger partial charge in [0.05, 0.1) is 5.66 Å². The van der Waals surface area contributed by atoms with Crippen LogP contribution >= 0.6 is 8.58 Å². The standard InChI is InChI=1S/C6H12NO2P/c7-3-10-5(6(8)9)4-1-2-4/h4-5,10H,1-3,7H2,(H,8,9). The van der Waals surface area contributed by atoms with Crippen LogP contribution in [0.4, 0.5) is 0 Å². The zero-order valence-corrected chi connectivity index (χ0v) is 6.71. The zero-order chi connectivity index (χ0) is 7.56. The maximum atomic E-state index is 10.5. The fourth-order valence-corrected chi connectivity index (χ4v) is 2.11. The van der Waals surface area contributed by atoms with Gasteiger partial charge < -0.3 is 10.8 Å². The average molecular weight is 161 g/mol. The summed E-state index contributed by atoms with van der Waals surface area (Å²) in [6, 6.07) is 0. The highest BCUT2D eigenvalue weighted by molar-refractivity contribution is 7.40. The summed E-state index contributed by atoms with van der Waals surface area (Å²) in [5.41, 5.74) is 5.15. The number of nitrogens with two attached hydrogens (primary N) is 1. The minimum atomic E-state index is -0.661. The lowest BCUT2D eigenvalue weighted by molar-refractivity contribution is -0.136. The molecule has 2 atom stereocenters. The lowest BCUT2D eigenvalue weighted by Gasteiger charge is -2.07. The second-order valence-electron chi connectivity index (χ2n) is 2.56. The van der Waals surface area contributed by atoms with Crippen LogP contribution < -0.4 is 5.73 Å². The third kappa shape index (κ3) is 1.93. The molecule has 0 aliphatic heterocycles. The molecule has 1 rings (SSSR count). The van der Waals surface area contributed by atoms with Gasteiger partial charge in [-0.25, -0.2) is 0 Å². The molecule has 1 saturated carbocycles. The number of hydrogen-bond acceptors (Lipinski definition) is 2. The Balaban J connectivity index is 2.34. The second kappa shape index (κ2) is 3.31. The fourth-order valence-electron chi connectivity index (χ4n) is 1.01. The molecule has 1 fully saturated rings. The molecule has 10 heavy (non-hydrogen) atoms. The SMILES string of the molecule is NCPC(C(=O)O)C1CC1. The second-order valence-corrected chi connectivity index (χ2v) is 4.00. The first-order valence-corrected chi connectivity index (χ1v) is 4.70. The lowest BCUT2D eigenvalue weighted by Crippen LogP contribution is -2.18. The highest BCUT2D eigenvalue weighted by Gasteiger charge is 2.35. The van der Waals surface area contributed by atoms with Crippen molar-refractivity contribution in [1.29, 1.82) is 0 Å². The van der Waals surface area contributed by atoms with Crippen LogP contribution in [0.2, 0.25) is 0 Å². The van der Waals surface area contributed by atoms with E-state index in [2.05, 4.69) is 0 Å². The Morgan fingerprint density at radius 1 is 1.80 bits per heavy atom. The normalized spacial score (nSPS) is 21.7. The molecule has 1 aliphatic carbocycles. The van der Waals surface area contributed by atoms with Gasteiger partial charge in [-0.15, -0.1) is 0 Å². The van der Waals surface area contributed by atoms with E-state index in [1.165, 1.54) is 0 Å². The summed E-state index contributed by atoms with van der Waals surface area (Å²) >= 11 is 0. The first kappa shape index (κ1) is 7.96. The third-order valence-corrected chi connectivity index (χ3v) is 3.09. The molecule has 58 valence electrons. The van der Waals surface area contributed by atoms with Crippen molar-refractivity contribution in [3.05, 3.63) is 0 Å². The Morgan fingerprint density at radius 3 is 2.70 bits per heavy atom. The Labute approximate surface area is 61.8 Å². The molecule has 0 aromatic rings. The smallest absolute Gasteiger partial charge is 0.310 e. The number of carbonyl (C=O) groups is 1. The van der Waals surface area contributed by atoms with Crippen molar-refractivity contribution >= 4 is 14.6 Å². The van der Waals surface area contributed by atoms with Crippen LogP contribution in [0.25, 0.3) is 0 Å². The van der Waals surface area contributed by atoms with E-state index in [1.54, 1.807) is 0 Å².